The molecule has 1 aromatic carbocycles. The van der Waals surface area contributed by atoms with Crippen LogP contribution in [0.15, 0.2) is 53.0 Å². The lowest BCUT2D eigenvalue weighted by atomic mass is 9.73. The fourth-order valence-corrected chi connectivity index (χ4v) is 6.84. The number of piperidine rings is 1. The number of imidazole rings is 1. The van der Waals surface area contributed by atoms with Gasteiger partial charge in [-0.05, 0) is 72.9 Å². The molecule has 6 rings (SSSR count). The summed E-state index contributed by atoms with van der Waals surface area (Å²) in [6.45, 7) is 6.45. The molecule has 4 aromatic rings. The number of benzene rings is 1. The normalized spacial score (nSPS) is 21.8. The summed E-state index contributed by atoms with van der Waals surface area (Å²) >= 11 is 1.51. The van der Waals surface area contributed by atoms with Gasteiger partial charge in [-0.15, -0.1) is 21.5 Å². The van der Waals surface area contributed by atoms with Crippen LogP contribution in [-0.4, -0.2) is 37.2 Å². The lowest BCUT2D eigenvalue weighted by Gasteiger charge is -2.35. The number of likely N-dealkylation sites (tertiary alicyclic amines) is 1. The van der Waals surface area contributed by atoms with Gasteiger partial charge in [-0.3, -0.25) is 13.9 Å². The topological polar surface area (TPSA) is 55.4 Å². The molecule has 0 amide bonds. The number of pyridine rings is 1. The molecule has 1 saturated carbocycles. The van der Waals surface area contributed by atoms with Crippen LogP contribution in [0.1, 0.15) is 67.1 Å². The standard InChI is InChI=1S/C29H32F3N5OS/c1-18-9-10-35(13-19(18)2)14-20-11-24(29(30,31)32)25-16-36(28(38)37(25)15-20)23-8-4-7-22(12-23)26(21-5-3-6-21)27-34-33-17-39-27/h4,7-8,11-12,15-19,21,26H,3,5-6,9-10,13-14H2,1-2H3/t18-,19-,26?/m1/s1. The largest absolute Gasteiger partial charge is 0.418 e. The Morgan fingerprint density at radius 1 is 1.10 bits per heavy atom. The molecule has 1 unspecified atom stereocenters. The Balaban J connectivity index is 1.40. The number of hydrogen-bond donors (Lipinski definition) is 0. The number of aromatic nitrogens is 4. The summed E-state index contributed by atoms with van der Waals surface area (Å²) in [5.74, 6) is 1.58. The molecule has 6 nitrogen and oxygen atoms in total. The van der Waals surface area contributed by atoms with Crippen molar-refractivity contribution >= 4 is 16.9 Å². The molecule has 3 atom stereocenters. The van der Waals surface area contributed by atoms with Crippen LogP contribution in [0.3, 0.4) is 0 Å². The molecule has 0 radical (unpaired) electrons. The van der Waals surface area contributed by atoms with Crippen LogP contribution in [0.5, 0.6) is 0 Å². The van der Waals surface area contributed by atoms with Crippen LogP contribution >= 0.6 is 11.3 Å². The highest BCUT2D eigenvalue weighted by atomic mass is 32.1. The Kier molecular flexibility index (Phi) is 6.87. The van der Waals surface area contributed by atoms with Crippen molar-refractivity contribution in [3.63, 3.8) is 0 Å². The summed E-state index contributed by atoms with van der Waals surface area (Å²) in [5, 5.41) is 9.27. The second kappa shape index (κ2) is 10.2. The van der Waals surface area contributed by atoms with E-state index >= 15 is 0 Å². The average Bonchev–Trinajstić information content (AvgIpc) is 3.51. The Morgan fingerprint density at radius 2 is 1.92 bits per heavy atom. The lowest BCUT2D eigenvalue weighted by molar-refractivity contribution is -0.136. The van der Waals surface area contributed by atoms with Crippen molar-refractivity contribution in [3.05, 3.63) is 80.4 Å². The van der Waals surface area contributed by atoms with Crippen molar-refractivity contribution in [2.24, 2.45) is 17.8 Å². The molecule has 1 aliphatic carbocycles. The van der Waals surface area contributed by atoms with E-state index in [4.69, 9.17) is 0 Å². The summed E-state index contributed by atoms with van der Waals surface area (Å²) in [5.41, 5.74) is 2.33. The fourth-order valence-electron chi connectivity index (χ4n) is 6.07. The number of fused-ring (bicyclic) bond motifs is 1. The summed E-state index contributed by atoms with van der Waals surface area (Å²) < 4.78 is 45.2. The zero-order valence-electron chi connectivity index (χ0n) is 22.1. The Bertz CT molecular complexity index is 1520. The van der Waals surface area contributed by atoms with E-state index in [1.165, 1.54) is 34.6 Å². The van der Waals surface area contributed by atoms with E-state index in [0.717, 1.165) is 47.3 Å². The predicted octanol–water partition coefficient (Wildman–Crippen LogP) is 6.37. The summed E-state index contributed by atoms with van der Waals surface area (Å²) in [7, 11) is 0. The minimum Gasteiger partial charge on any atom is -0.299 e. The molecule has 0 spiro atoms. The molecule has 0 N–H and O–H groups in total. The number of alkyl halides is 3. The van der Waals surface area contributed by atoms with Gasteiger partial charge in [0.15, 0.2) is 0 Å². The third-order valence-corrected chi connectivity index (χ3v) is 9.50. The van der Waals surface area contributed by atoms with Gasteiger partial charge in [0.05, 0.1) is 16.8 Å². The molecule has 39 heavy (non-hydrogen) atoms. The first-order valence-electron chi connectivity index (χ1n) is 13.6. The van der Waals surface area contributed by atoms with Gasteiger partial charge in [-0.25, -0.2) is 4.79 Å². The second-order valence-electron chi connectivity index (χ2n) is 11.3. The number of hydrogen-bond acceptors (Lipinski definition) is 5. The highest BCUT2D eigenvalue weighted by Crippen LogP contribution is 2.44. The van der Waals surface area contributed by atoms with Gasteiger partial charge in [0.1, 0.15) is 10.5 Å². The monoisotopic (exact) mass is 555 g/mol. The molecule has 10 heteroatoms. The maximum absolute atomic E-state index is 14.2. The van der Waals surface area contributed by atoms with Crippen molar-refractivity contribution in [3.8, 4) is 5.69 Å². The van der Waals surface area contributed by atoms with Crippen LogP contribution in [0.4, 0.5) is 13.2 Å². The van der Waals surface area contributed by atoms with Gasteiger partial charge in [0, 0.05) is 31.4 Å². The van der Waals surface area contributed by atoms with Crippen molar-refractivity contribution in [1.82, 2.24) is 24.1 Å². The summed E-state index contributed by atoms with van der Waals surface area (Å²) in [6.07, 6.45) is 2.69. The quantitative estimate of drug-likeness (QED) is 0.277. The van der Waals surface area contributed by atoms with E-state index in [2.05, 4.69) is 28.9 Å². The summed E-state index contributed by atoms with van der Waals surface area (Å²) in [4.78, 5) is 15.8. The molecule has 1 aliphatic heterocycles. The Morgan fingerprint density at radius 3 is 2.59 bits per heavy atom. The van der Waals surface area contributed by atoms with Crippen molar-refractivity contribution in [2.45, 2.75) is 58.2 Å². The van der Waals surface area contributed by atoms with Crippen LogP contribution < -0.4 is 5.69 Å². The van der Waals surface area contributed by atoms with Crippen LogP contribution in [0.2, 0.25) is 0 Å². The minimum atomic E-state index is -4.58. The van der Waals surface area contributed by atoms with Gasteiger partial charge >= 0.3 is 11.9 Å². The van der Waals surface area contributed by atoms with Gasteiger partial charge in [0.25, 0.3) is 0 Å². The van der Waals surface area contributed by atoms with Crippen molar-refractivity contribution in [2.75, 3.05) is 13.1 Å². The van der Waals surface area contributed by atoms with E-state index < -0.39 is 17.4 Å². The molecule has 206 valence electrons. The maximum Gasteiger partial charge on any atom is 0.418 e. The molecule has 0 bridgehead atoms. The van der Waals surface area contributed by atoms with Gasteiger partial charge in [0.2, 0.25) is 0 Å². The molecule has 1 saturated heterocycles. The third-order valence-electron chi connectivity index (χ3n) is 8.73. The maximum atomic E-state index is 14.2. The number of halogens is 3. The smallest absolute Gasteiger partial charge is 0.299 e. The van der Waals surface area contributed by atoms with E-state index in [1.54, 1.807) is 17.8 Å². The lowest BCUT2D eigenvalue weighted by Crippen LogP contribution is -2.38. The van der Waals surface area contributed by atoms with Gasteiger partial charge in [-0.1, -0.05) is 32.4 Å². The van der Waals surface area contributed by atoms with Crippen molar-refractivity contribution in [1.29, 1.82) is 0 Å². The van der Waals surface area contributed by atoms with Crippen LogP contribution in [-0.2, 0) is 12.7 Å². The fraction of sp³-hybridized carbons (Fsp3) is 0.483. The first kappa shape index (κ1) is 26.3. The highest BCUT2D eigenvalue weighted by molar-refractivity contribution is 7.09. The van der Waals surface area contributed by atoms with Gasteiger partial charge < -0.3 is 0 Å². The molecule has 2 aliphatic rings. The highest BCUT2D eigenvalue weighted by Gasteiger charge is 2.35. The van der Waals surface area contributed by atoms with Crippen LogP contribution in [0, 0.1) is 17.8 Å². The van der Waals surface area contributed by atoms with E-state index in [-0.39, 0.29) is 11.4 Å². The van der Waals surface area contributed by atoms with E-state index in [0.29, 0.717) is 35.5 Å². The predicted molar refractivity (Wildman–Crippen MR) is 145 cm³/mol. The average molecular weight is 556 g/mol. The first-order valence-corrected chi connectivity index (χ1v) is 14.5. The number of rotatable bonds is 6. The van der Waals surface area contributed by atoms with Gasteiger partial charge in [-0.2, -0.15) is 13.2 Å². The molecule has 4 heterocycles. The molecular weight excluding hydrogens is 523 g/mol. The van der Waals surface area contributed by atoms with E-state index in [1.807, 2.05) is 18.2 Å². The second-order valence-corrected chi connectivity index (χ2v) is 12.2. The van der Waals surface area contributed by atoms with Crippen molar-refractivity contribution < 1.29 is 13.2 Å². The molecular formula is C29H32F3N5OS. The zero-order chi connectivity index (χ0) is 27.3. The van der Waals surface area contributed by atoms with Crippen LogP contribution in [0.25, 0.3) is 11.2 Å². The SMILES string of the molecule is C[C@@H]1CCN(Cc2cc(C(F)(F)F)c3cn(-c4cccc(C(c5nncs5)C5CCC5)c4)c(=O)n3c2)C[C@H]1C. The Hall–Kier alpha value is -2.98. The van der Waals surface area contributed by atoms with E-state index in [9.17, 15) is 18.0 Å². The minimum absolute atomic E-state index is 0.0610. The Labute approximate surface area is 229 Å². The third kappa shape index (κ3) is 5.04. The number of nitrogens with zero attached hydrogens (tertiary/aromatic N) is 5. The molecule has 2 fully saturated rings. The zero-order valence-corrected chi connectivity index (χ0v) is 22.9. The molecule has 3 aromatic heterocycles. The first-order chi connectivity index (χ1) is 18.7. The summed E-state index contributed by atoms with van der Waals surface area (Å²) in [6, 6.07) is 8.76.